The molecular formula is C8H10O4-2. The van der Waals surface area contributed by atoms with E-state index in [4.69, 9.17) is 0 Å². The largest absolute Gasteiger partial charge is 0.549 e. The van der Waals surface area contributed by atoms with Gasteiger partial charge in [-0.05, 0) is 19.8 Å². The molecule has 0 atom stereocenters. The summed E-state index contributed by atoms with van der Waals surface area (Å²) in [6.07, 6.45) is 0.340. The second kappa shape index (κ2) is 4.54. The lowest BCUT2D eigenvalue weighted by atomic mass is 10.0. The number of rotatable bonds is 5. The van der Waals surface area contributed by atoms with Gasteiger partial charge in [-0.15, -0.1) is 6.58 Å². The van der Waals surface area contributed by atoms with Crippen LogP contribution in [0.1, 0.15) is 19.8 Å². The third-order valence-corrected chi connectivity index (χ3v) is 1.43. The van der Waals surface area contributed by atoms with Gasteiger partial charge in [0.1, 0.15) is 0 Å². The molecule has 0 radical (unpaired) electrons. The van der Waals surface area contributed by atoms with Gasteiger partial charge in [0, 0.05) is 5.92 Å². The van der Waals surface area contributed by atoms with Gasteiger partial charge >= 0.3 is 0 Å². The predicted octanol–water partition coefficient (Wildman–Crippen LogP) is -1.54. The predicted molar refractivity (Wildman–Crippen MR) is 37.6 cm³/mol. The van der Waals surface area contributed by atoms with Crippen LogP contribution in [0.25, 0.3) is 0 Å². The van der Waals surface area contributed by atoms with Crippen LogP contribution in [0, 0.1) is 5.92 Å². The Morgan fingerprint density at radius 2 is 1.75 bits per heavy atom. The number of carboxylic acid groups (broad SMARTS) is 2. The van der Waals surface area contributed by atoms with Crippen LogP contribution in [0.4, 0.5) is 0 Å². The van der Waals surface area contributed by atoms with Gasteiger partial charge in [-0.1, -0.05) is 5.57 Å². The van der Waals surface area contributed by atoms with Gasteiger partial charge in [-0.2, -0.15) is 0 Å². The fourth-order valence-corrected chi connectivity index (χ4v) is 0.723. The number of allylic oxidation sites excluding steroid dienone is 1. The van der Waals surface area contributed by atoms with Crippen LogP contribution in [-0.2, 0) is 9.59 Å². The first-order valence-electron chi connectivity index (χ1n) is 3.51. The van der Waals surface area contributed by atoms with Crippen molar-refractivity contribution in [1.82, 2.24) is 0 Å². The molecule has 0 aromatic carbocycles. The van der Waals surface area contributed by atoms with Crippen molar-refractivity contribution in [3.8, 4) is 0 Å². The summed E-state index contributed by atoms with van der Waals surface area (Å²) in [7, 11) is 0. The Balaban J connectivity index is 4.06. The van der Waals surface area contributed by atoms with Crippen LogP contribution in [-0.4, -0.2) is 11.9 Å². The van der Waals surface area contributed by atoms with Crippen molar-refractivity contribution in [1.29, 1.82) is 0 Å². The van der Waals surface area contributed by atoms with E-state index in [9.17, 15) is 19.8 Å². The maximum absolute atomic E-state index is 10.2. The van der Waals surface area contributed by atoms with E-state index in [1.165, 1.54) is 0 Å². The lowest BCUT2D eigenvalue weighted by molar-refractivity contribution is -0.331. The lowest BCUT2D eigenvalue weighted by Gasteiger charge is -2.18. The van der Waals surface area contributed by atoms with Crippen molar-refractivity contribution >= 4 is 11.9 Å². The third-order valence-electron chi connectivity index (χ3n) is 1.43. The van der Waals surface area contributed by atoms with Crippen molar-refractivity contribution in [2.45, 2.75) is 19.8 Å². The number of hydrogen-bond donors (Lipinski definition) is 0. The van der Waals surface area contributed by atoms with E-state index < -0.39 is 17.9 Å². The van der Waals surface area contributed by atoms with E-state index in [1.54, 1.807) is 6.92 Å². The van der Waals surface area contributed by atoms with Gasteiger partial charge in [-0.25, -0.2) is 0 Å². The number of carbonyl (C=O) groups excluding carboxylic acids is 2. The second-order valence-electron chi connectivity index (χ2n) is 2.69. The molecule has 0 saturated heterocycles. The van der Waals surface area contributed by atoms with E-state index in [2.05, 4.69) is 6.58 Å². The zero-order valence-corrected chi connectivity index (χ0v) is 6.83. The monoisotopic (exact) mass is 170 g/mol. The number of carboxylic acids is 2. The molecule has 68 valence electrons. The van der Waals surface area contributed by atoms with E-state index in [0.717, 1.165) is 5.57 Å². The van der Waals surface area contributed by atoms with Crippen LogP contribution in [0.5, 0.6) is 0 Å². The first kappa shape index (κ1) is 10.7. The molecule has 0 aromatic rings. The van der Waals surface area contributed by atoms with Crippen molar-refractivity contribution < 1.29 is 19.8 Å². The van der Waals surface area contributed by atoms with Gasteiger partial charge in [0.2, 0.25) is 0 Å². The molecule has 0 aliphatic heterocycles. The average Bonchev–Trinajstić information content (AvgIpc) is 1.84. The van der Waals surface area contributed by atoms with E-state index in [-0.39, 0.29) is 6.42 Å². The summed E-state index contributed by atoms with van der Waals surface area (Å²) >= 11 is 0. The highest BCUT2D eigenvalue weighted by molar-refractivity contribution is 5.90. The number of carbonyl (C=O) groups is 2. The molecule has 0 aromatic heterocycles. The van der Waals surface area contributed by atoms with Crippen LogP contribution >= 0.6 is 0 Å². The molecule has 0 N–H and O–H groups in total. The molecule has 0 saturated carbocycles. The minimum absolute atomic E-state index is 0.0139. The van der Waals surface area contributed by atoms with Crippen LogP contribution in [0.2, 0.25) is 0 Å². The number of hydrogen-bond acceptors (Lipinski definition) is 4. The summed E-state index contributed by atoms with van der Waals surface area (Å²) in [6, 6.07) is 0. The summed E-state index contributed by atoms with van der Waals surface area (Å²) in [5, 5.41) is 20.4. The Hall–Kier alpha value is -1.32. The normalized spacial score (nSPS) is 9.83. The first-order valence-corrected chi connectivity index (χ1v) is 3.51. The molecule has 4 nitrogen and oxygen atoms in total. The van der Waals surface area contributed by atoms with E-state index in [1.807, 2.05) is 0 Å². The molecule has 0 heterocycles. The first-order chi connectivity index (χ1) is 5.45. The summed E-state index contributed by atoms with van der Waals surface area (Å²) < 4.78 is 0. The zero-order valence-electron chi connectivity index (χ0n) is 6.83. The highest BCUT2D eigenvalue weighted by Gasteiger charge is 2.10. The van der Waals surface area contributed by atoms with Gasteiger partial charge in [0.25, 0.3) is 0 Å². The quantitative estimate of drug-likeness (QED) is 0.370. The molecule has 12 heavy (non-hydrogen) atoms. The molecule has 0 spiro atoms. The summed E-state index contributed by atoms with van der Waals surface area (Å²) in [5.41, 5.74) is 0.738. The molecule has 0 unspecified atom stereocenters. The zero-order chi connectivity index (χ0) is 9.72. The second-order valence-corrected chi connectivity index (χ2v) is 2.69. The van der Waals surface area contributed by atoms with Crippen molar-refractivity contribution in [3.63, 3.8) is 0 Å². The summed E-state index contributed by atoms with van der Waals surface area (Å²) in [4.78, 5) is 20.4. The minimum Gasteiger partial charge on any atom is -0.549 e. The Bertz CT molecular complexity index is 193. The van der Waals surface area contributed by atoms with Gasteiger partial charge in [-0.3, -0.25) is 0 Å². The third kappa shape index (κ3) is 3.75. The van der Waals surface area contributed by atoms with Gasteiger partial charge in [0.05, 0.1) is 11.9 Å². The maximum Gasteiger partial charge on any atom is 0.0501 e. The SMILES string of the molecule is C=C(C)CCC(C(=O)[O-])C(=O)[O-]. The van der Waals surface area contributed by atoms with E-state index in [0.29, 0.717) is 6.42 Å². The van der Waals surface area contributed by atoms with Crippen molar-refractivity contribution in [2.75, 3.05) is 0 Å². The average molecular weight is 170 g/mol. The minimum atomic E-state index is -1.60. The Kier molecular flexibility index (Phi) is 4.04. The Morgan fingerprint density at radius 3 is 2.00 bits per heavy atom. The molecule has 4 heteroatoms. The molecule has 0 bridgehead atoms. The fraction of sp³-hybridized carbons (Fsp3) is 0.500. The fourth-order valence-electron chi connectivity index (χ4n) is 0.723. The van der Waals surface area contributed by atoms with Crippen LogP contribution < -0.4 is 10.2 Å². The number of aliphatic carboxylic acids is 2. The smallest absolute Gasteiger partial charge is 0.0501 e. The highest BCUT2D eigenvalue weighted by atomic mass is 16.4. The molecule has 0 aliphatic rings. The molecule has 0 amide bonds. The van der Waals surface area contributed by atoms with Crippen molar-refractivity contribution in [2.24, 2.45) is 5.92 Å². The topological polar surface area (TPSA) is 80.3 Å². The Morgan fingerprint density at radius 1 is 1.33 bits per heavy atom. The van der Waals surface area contributed by atoms with Crippen LogP contribution in [0.15, 0.2) is 12.2 Å². The van der Waals surface area contributed by atoms with Crippen molar-refractivity contribution in [3.05, 3.63) is 12.2 Å². The Labute approximate surface area is 70.5 Å². The lowest BCUT2D eigenvalue weighted by Crippen LogP contribution is -2.43. The molecule has 0 fully saturated rings. The van der Waals surface area contributed by atoms with Crippen LogP contribution in [0.3, 0.4) is 0 Å². The molecule has 0 rings (SSSR count). The van der Waals surface area contributed by atoms with Gasteiger partial charge < -0.3 is 19.8 Å². The van der Waals surface area contributed by atoms with Gasteiger partial charge in [0.15, 0.2) is 0 Å². The van der Waals surface area contributed by atoms with E-state index >= 15 is 0 Å². The highest BCUT2D eigenvalue weighted by Crippen LogP contribution is 2.09. The maximum atomic E-state index is 10.2. The standard InChI is InChI=1S/C8H12O4/c1-5(2)3-4-6(7(9)10)8(11)12/h6H,1,3-4H2,2H3,(H,9,10)(H,11,12)/p-2. The molecule has 0 aliphatic carbocycles. The molecular weight excluding hydrogens is 160 g/mol. The summed E-state index contributed by atoms with van der Waals surface area (Å²) in [6.45, 7) is 5.22. The summed E-state index contributed by atoms with van der Waals surface area (Å²) in [5.74, 6) is -4.73.